The predicted octanol–water partition coefficient (Wildman–Crippen LogP) is 1.24. The molecule has 0 saturated carbocycles. The van der Waals surface area contributed by atoms with E-state index in [0.717, 1.165) is 0 Å². The molecule has 0 atom stereocenters. The van der Waals surface area contributed by atoms with Gasteiger partial charge in [-0.1, -0.05) is 23.2 Å². The van der Waals surface area contributed by atoms with Gasteiger partial charge in [-0.3, -0.25) is 0 Å². The van der Waals surface area contributed by atoms with Gasteiger partial charge < -0.3 is 10.1 Å². The smallest absolute Gasteiger partial charge is 0.175 e. The second-order valence-electron chi connectivity index (χ2n) is 2.16. The number of methoxy groups -OCH3 is 1. The number of aromatic nitrogens is 3. The van der Waals surface area contributed by atoms with Gasteiger partial charge in [0.1, 0.15) is 5.02 Å². The van der Waals surface area contributed by atoms with E-state index in [1.165, 1.54) is 0 Å². The van der Waals surface area contributed by atoms with Crippen molar-refractivity contribution in [3.63, 3.8) is 0 Å². The van der Waals surface area contributed by atoms with Crippen molar-refractivity contribution in [1.29, 1.82) is 0 Å². The lowest BCUT2D eigenvalue weighted by Crippen LogP contribution is -2.10. The van der Waals surface area contributed by atoms with Crippen LogP contribution in [0.3, 0.4) is 0 Å². The highest BCUT2D eigenvalue weighted by Gasteiger charge is 2.06. The molecular weight excluding hydrogens is 215 g/mol. The van der Waals surface area contributed by atoms with Crippen molar-refractivity contribution in [2.24, 2.45) is 0 Å². The molecule has 0 aliphatic carbocycles. The van der Waals surface area contributed by atoms with Gasteiger partial charge in [-0.25, -0.2) is 0 Å². The van der Waals surface area contributed by atoms with Crippen molar-refractivity contribution < 1.29 is 4.74 Å². The molecule has 0 aliphatic heterocycles. The molecule has 7 heteroatoms. The van der Waals surface area contributed by atoms with Gasteiger partial charge in [0, 0.05) is 13.7 Å². The van der Waals surface area contributed by atoms with E-state index in [-0.39, 0.29) is 10.2 Å². The van der Waals surface area contributed by atoms with Crippen LogP contribution in [-0.4, -0.2) is 35.7 Å². The fourth-order valence-corrected chi connectivity index (χ4v) is 0.942. The van der Waals surface area contributed by atoms with E-state index in [0.29, 0.717) is 19.0 Å². The third-order valence-electron chi connectivity index (χ3n) is 1.26. The molecule has 5 nitrogen and oxygen atoms in total. The first kappa shape index (κ1) is 10.4. The van der Waals surface area contributed by atoms with Crippen molar-refractivity contribution >= 4 is 29.0 Å². The average Bonchev–Trinajstić information content (AvgIpc) is 2.13. The Hall–Kier alpha value is -0.650. The average molecular weight is 223 g/mol. The van der Waals surface area contributed by atoms with E-state index < -0.39 is 0 Å². The van der Waals surface area contributed by atoms with E-state index in [1.807, 2.05) is 0 Å². The number of nitrogens with zero attached hydrogens (tertiary/aromatic N) is 3. The van der Waals surface area contributed by atoms with Crippen LogP contribution in [0.5, 0.6) is 0 Å². The van der Waals surface area contributed by atoms with E-state index in [9.17, 15) is 0 Å². The van der Waals surface area contributed by atoms with E-state index in [1.54, 1.807) is 7.11 Å². The number of anilines is 1. The Bertz CT molecular complexity index is 283. The lowest BCUT2D eigenvalue weighted by molar-refractivity contribution is 0.210. The summed E-state index contributed by atoms with van der Waals surface area (Å²) in [5, 5.41) is 13.8. The highest BCUT2D eigenvalue weighted by molar-refractivity contribution is 6.42. The molecule has 0 spiro atoms. The largest absolute Gasteiger partial charge is 0.383 e. The van der Waals surface area contributed by atoms with Gasteiger partial charge >= 0.3 is 0 Å². The second-order valence-corrected chi connectivity index (χ2v) is 2.90. The van der Waals surface area contributed by atoms with Gasteiger partial charge in [-0.15, -0.1) is 10.2 Å². The zero-order chi connectivity index (χ0) is 9.68. The molecular formula is C6H8Cl2N4O. The molecule has 0 aliphatic rings. The maximum Gasteiger partial charge on any atom is 0.175 e. The predicted molar refractivity (Wildman–Crippen MR) is 50.2 cm³/mol. The summed E-state index contributed by atoms with van der Waals surface area (Å²) in [6, 6.07) is 0. The zero-order valence-corrected chi connectivity index (χ0v) is 8.43. The normalized spacial score (nSPS) is 10.1. The van der Waals surface area contributed by atoms with Crippen molar-refractivity contribution in [2.75, 3.05) is 25.6 Å². The van der Waals surface area contributed by atoms with Gasteiger partial charge in [0.2, 0.25) is 0 Å². The number of hydrogen-bond acceptors (Lipinski definition) is 5. The number of ether oxygens (including phenoxy) is 1. The molecule has 1 aromatic rings. The van der Waals surface area contributed by atoms with Gasteiger partial charge in [0.25, 0.3) is 0 Å². The van der Waals surface area contributed by atoms with Crippen LogP contribution in [0.15, 0.2) is 0 Å². The Labute approximate surface area is 85.4 Å². The van der Waals surface area contributed by atoms with Gasteiger partial charge in [-0.2, -0.15) is 0 Å². The first-order valence-corrected chi connectivity index (χ1v) is 4.28. The molecule has 1 aromatic heterocycles. The van der Waals surface area contributed by atoms with Crippen molar-refractivity contribution in [3.8, 4) is 0 Å². The Kier molecular flexibility index (Phi) is 4.14. The standard InChI is InChI=1S/C6H8Cl2N4O/c1-13-3-2-9-6-4(7)5(8)10-12-11-6/h2-3H2,1H3,(H,9,10,11). The van der Waals surface area contributed by atoms with Crippen LogP contribution in [0.25, 0.3) is 0 Å². The summed E-state index contributed by atoms with van der Waals surface area (Å²) in [6.07, 6.45) is 0. The molecule has 0 amide bonds. The molecule has 0 radical (unpaired) electrons. The Morgan fingerprint density at radius 2 is 2.15 bits per heavy atom. The lowest BCUT2D eigenvalue weighted by atomic mass is 10.5. The fourth-order valence-electron chi connectivity index (χ4n) is 0.676. The highest BCUT2D eigenvalue weighted by atomic mass is 35.5. The molecule has 0 saturated heterocycles. The van der Waals surface area contributed by atoms with Crippen LogP contribution in [0.2, 0.25) is 10.2 Å². The van der Waals surface area contributed by atoms with Crippen LogP contribution in [0.1, 0.15) is 0 Å². The van der Waals surface area contributed by atoms with E-state index >= 15 is 0 Å². The first-order chi connectivity index (χ1) is 6.25. The summed E-state index contributed by atoms with van der Waals surface area (Å²) in [5.74, 6) is 0.415. The first-order valence-electron chi connectivity index (χ1n) is 3.53. The van der Waals surface area contributed by atoms with Crippen LogP contribution in [0, 0.1) is 0 Å². The van der Waals surface area contributed by atoms with Crippen molar-refractivity contribution in [2.45, 2.75) is 0 Å². The minimum Gasteiger partial charge on any atom is -0.383 e. The number of halogens is 2. The van der Waals surface area contributed by atoms with Crippen molar-refractivity contribution in [1.82, 2.24) is 15.4 Å². The summed E-state index contributed by atoms with van der Waals surface area (Å²) in [7, 11) is 1.61. The maximum atomic E-state index is 5.77. The summed E-state index contributed by atoms with van der Waals surface area (Å²) in [6.45, 7) is 1.14. The molecule has 0 bridgehead atoms. The maximum absolute atomic E-state index is 5.77. The Morgan fingerprint density at radius 1 is 1.38 bits per heavy atom. The van der Waals surface area contributed by atoms with Gasteiger partial charge in [-0.05, 0) is 5.21 Å². The SMILES string of the molecule is COCCNc1nnnc(Cl)c1Cl. The summed E-state index contributed by atoms with van der Waals surface area (Å²) < 4.78 is 4.83. The van der Waals surface area contributed by atoms with Crippen LogP contribution in [-0.2, 0) is 4.74 Å². The third-order valence-corrected chi connectivity index (χ3v) is 1.98. The van der Waals surface area contributed by atoms with E-state index in [2.05, 4.69) is 20.7 Å². The monoisotopic (exact) mass is 222 g/mol. The summed E-state index contributed by atoms with van der Waals surface area (Å²) in [4.78, 5) is 0. The van der Waals surface area contributed by atoms with Gasteiger partial charge in [0.15, 0.2) is 11.0 Å². The van der Waals surface area contributed by atoms with E-state index in [4.69, 9.17) is 27.9 Å². The quantitative estimate of drug-likeness (QED) is 0.778. The van der Waals surface area contributed by atoms with Crippen LogP contribution in [0.4, 0.5) is 5.82 Å². The fraction of sp³-hybridized carbons (Fsp3) is 0.500. The zero-order valence-electron chi connectivity index (χ0n) is 6.92. The summed E-state index contributed by atoms with van der Waals surface area (Å²) in [5.41, 5.74) is 0. The molecule has 13 heavy (non-hydrogen) atoms. The topological polar surface area (TPSA) is 59.9 Å². The summed E-state index contributed by atoms with van der Waals surface area (Å²) >= 11 is 11.4. The number of hydrogen-bond donors (Lipinski definition) is 1. The van der Waals surface area contributed by atoms with Crippen LogP contribution >= 0.6 is 23.2 Å². The Balaban J connectivity index is 2.61. The molecule has 72 valence electrons. The minimum atomic E-state index is 0.136. The number of nitrogens with one attached hydrogen (secondary N) is 1. The molecule has 0 fully saturated rings. The molecule has 0 aromatic carbocycles. The van der Waals surface area contributed by atoms with Crippen molar-refractivity contribution in [3.05, 3.63) is 10.2 Å². The molecule has 1 rings (SSSR count). The minimum absolute atomic E-state index is 0.136. The van der Waals surface area contributed by atoms with Crippen LogP contribution < -0.4 is 5.32 Å². The number of rotatable bonds is 4. The molecule has 1 N–H and O–H groups in total. The highest BCUT2D eigenvalue weighted by Crippen LogP contribution is 2.23. The molecule has 0 unspecified atom stereocenters. The third kappa shape index (κ3) is 2.95. The van der Waals surface area contributed by atoms with Gasteiger partial charge in [0.05, 0.1) is 6.61 Å². The Morgan fingerprint density at radius 3 is 2.85 bits per heavy atom. The molecule has 1 heterocycles. The lowest BCUT2D eigenvalue weighted by Gasteiger charge is -2.04. The second kappa shape index (κ2) is 5.16.